The Morgan fingerprint density at radius 2 is 1.06 bits per heavy atom. The number of aromatic amines is 1. The van der Waals surface area contributed by atoms with E-state index in [1.54, 1.807) is 0 Å². The van der Waals surface area contributed by atoms with Gasteiger partial charge in [-0.25, -0.2) is 9.98 Å². The highest BCUT2D eigenvalue weighted by Gasteiger charge is 2.41. The van der Waals surface area contributed by atoms with Crippen molar-refractivity contribution >= 4 is 28.1 Å². The summed E-state index contributed by atoms with van der Waals surface area (Å²) in [5, 5.41) is 6.04. The number of H-pyrrole nitrogens is 1. The summed E-state index contributed by atoms with van der Waals surface area (Å²) in [6.45, 7) is 0. The van der Waals surface area contributed by atoms with Crippen molar-refractivity contribution in [1.82, 2.24) is 10.3 Å². The average molecular weight is 617 g/mol. The molecule has 0 saturated carbocycles. The lowest BCUT2D eigenvalue weighted by Crippen LogP contribution is -2.42. The van der Waals surface area contributed by atoms with E-state index in [4.69, 9.17) is 9.98 Å². The van der Waals surface area contributed by atoms with E-state index in [-0.39, 0.29) is 6.04 Å². The number of aromatic nitrogens is 1. The van der Waals surface area contributed by atoms with E-state index in [2.05, 4.69) is 186 Å². The van der Waals surface area contributed by atoms with Gasteiger partial charge in [0.2, 0.25) is 0 Å². The number of nitrogens with zero attached hydrogens (tertiary/aromatic N) is 2. The maximum Gasteiger partial charge on any atom is 0.0912 e. The zero-order valence-electron chi connectivity index (χ0n) is 26.2. The van der Waals surface area contributed by atoms with Crippen LogP contribution in [0.4, 0.5) is 0 Å². The average Bonchev–Trinajstić information content (AvgIpc) is 3.97. The molecular formula is C44H32N4. The first-order valence-corrected chi connectivity index (χ1v) is 16.4. The predicted octanol–water partition coefficient (Wildman–Crippen LogP) is 7.17. The van der Waals surface area contributed by atoms with Gasteiger partial charge < -0.3 is 4.98 Å². The molecule has 4 aliphatic heterocycles. The van der Waals surface area contributed by atoms with Crippen molar-refractivity contribution in [2.75, 3.05) is 0 Å². The largest absolute Gasteiger partial charge is 0.354 e. The molecular weight excluding hydrogens is 585 g/mol. The van der Waals surface area contributed by atoms with Crippen LogP contribution in [0, 0.1) is 0 Å². The summed E-state index contributed by atoms with van der Waals surface area (Å²) in [4.78, 5) is 14.5. The van der Waals surface area contributed by atoms with Crippen molar-refractivity contribution in [2.45, 2.75) is 11.6 Å². The van der Waals surface area contributed by atoms with Gasteiger partial charge in [0.15, 0.2) is 0 Å². The van der Waals surface area contributed by atoms with Crippen LogP contribution in [0.1, 0.15) is 22.3 Å². The summed E-state index contributed by atoms with van der Waals surface area (Å²) in [7, 11) is 0. The van der Waals surface area contributed by atoms with Crippen LogP contribution in [-0.2, 0) is 5.54 Å². The Hall–Kier alpha value is -6.10. The van der Waals surface area contributed by atoms with Gasteiger partial charge in [-0.05, 0) is 64.8 Å². The number of rotatable bonds is 4. The van der Waals surface area contributed by atoms with E-state index in [1.165, 1.54) is 0 Å². The van der Waals surface area contributed by atoms with Crippen molar-refractivity contribution in [3.63, 3.8) is 0 Å². The van der Waals surface area contributed by atoms with Gasteiger partial charge in [0, 0.05) is 33.5 Å². The molecule has 0 aliphatic carbocycles. The topological polar surface area (TPSA) is 52.5 Å². The highest BCUT2D eigenvalue weighted by Crippen LogP contribution is 2.44. The Bertz CT molecular complexity index is 2390. The molecule has 2 atom stereocenters. The Kier molecular flexibility index (Phi) is 6.81. The molecule has 4 aromatic carbocycles. The fourth-order valence-corrected chi connectivity index (χ4v) is 7.28. The van der Waals surface area contributed by atoms with Crippen LogP contribution < -0.4 is 16.0 Å². The van der Waals surface area contributed by atoms with Crippen molar-refractivity contribution < 1.29 is 0 Å². The third-order valence-electron chi connectivity index (χ3n) is 9.40. The molecule has 9 rings (SSSR count). The molecule has 5 heterocycles. The maximum atomic E-state index is 5.47. The number of hydrogen-bond acceptors (Lipinski definition) is 3. The third-order valence-corrected chi connectivity index (χ3v) is 9.40. The van der Waals surface area contributed by atoms with Gasteiger partial charge >= 0.3 is 0 Å². The van der Waals surface area contributed by atoms with Gasteiger partial charge in [-0.15, -0.1) is 0 Å². The Balaban J connectivity index is 1.39. The molecule has 2 unspecified atom stereocenters. The second-order valence-electron chi connectivity index (χ2n) is 12.3. The molecule has 4 aliphatic rings. The first-order chi connectivity index (χ1) is 23.7. The summed E-state index contributed by atoms with van der Waals surface area (Å²) in [5.74, 6) is 0. The number of fused-ring (bicyclic) bond motifs is 6. The first kappa shape index (κ1) is 28.1. The summed E-state index contributed by atoms with van der Waals surface area (Å²) in [6, 6.07) is 46.7. The second kappa shape index (κ2) is 11.6. The van der Waals surface area contributed by atoms with Gasteiger partial charge in [0.25, 0.3) is 0 Å². The smallest absolute Gasteiger partial charge is 0.0912 e. The highest BCUT2D eigenvalue weighted by molar-refractivity contribution is 6.31. The molecule has 48 heavy (non-hydrogen) atoms. The molecule has 0 spiro atoms. The molecule has 0 amide bonds. The van der Waals surface area contributed by atoms with E-state index in [0.717, 1.165) is 72.5 Å². The summed E-state index contributed by atoms with van der Waals surface area (Å²) < 4.78 is 0. The van der Waals surface area contributed by atoms with Gasteiger partial charge in [-0.1, -0.05) is 133 Å². The molecule has 2 N–H and O–H groups in total. The summed E-state index contributed by atoms with van der Waals surface area (Å²) in [6.07, 6.45) is 15.4. The van der Waals surface area contributed by atoms with Gasteiger partial charge in [-0.3, -0.25) is 5.32 Å². The maximum absolute atomic E-state index is 5.47. The number of allylic oxidation sites excluding steroid dienone is 4. The number of hydrogen-bond donors (Lipinski definition) is 2. The molecule has 0 saturated heterocycles. The number of benzene rings is 4. The fourth-order valence-electron chi connectivity index (χ4n) is 7.28. The minimum absolute atomic E-state index is 0.0577. The van der Waals surface area contributed by atoms with Crippen LogP contribution in [0.15, 0.2) is 197 Å². The molecule has 228 valence electrons. The van der Waals surface area contributed by atoms with Crippen molar-refractivity contribution in [3.05, 3.63) is 220 Å². The molecule has 1 aromatic heterocycles. The van der Waals surface area contributed by atoms with E-state index < -0.39 is 5.54 Å². The first-order valence-electron chi connectivity index (χ1n) is 16.4. The van der Waals surface area contributed by atoms with Crippen LogP contribution in [0.2, 0.25) is 0 Å². The number of nitrogens with one attached hydrogen (secondary N) is 2. The molecule has 0 fully saturated rings. The normalized spacial score (nSPS) is 21.1. The second-order valence-corrected chi connectivity index (χ2v) is 12.3. The lowest BCUT2D eigenvalue weighted by Gasteiger charge is -2.34. The van der Waals surface area contributed by atoms with Crippen LogP contribution in [-0.4, -0.2) is 22.4 Å². The monoisotopic (exact) mass is 616 g/mol. The minimum Gasteiger partial charge on any atom is -0.354 e. The summed E-state index contributed by atoms with van der Waals surface area (Å²) in [5.41, 5.74) is 10.7. The quantitative estimate of drug-likeness (QED) is 0.207. The lowest BCUT2D eigenvalue weighted by atomic mass is 9.78. The van der Waals surface area contributed by atoms with Gasteiger partial charge in [0.1, 0.15) is 0 Å². The molecule has 4 heteroatoms. The predicted molar refractivity (Wildman–Crippen MR) is 197 cm³/mol. The van der Waals surface area contributed by atoms with E-state index in [9.17, 15) is 0 Å². The van der Waals surface area contributed by atoms with Crippen LogP contribution in [0.3, 0.4) is 0 Å². The lowest BCUT2D eigenvalue weighted by molar-refractivity contribution is 0.545. The molecule has 0 radical (unpaired) electrons. The van der Waals surface area contributed by atoms with E-state index in [1.807, 2.05) is 0 Å². The SMILES string of the molecule is C1=CC2=NC1=CC1C=CC(c3ccccc3)(N1)C(c1ccccc1)=C1C=CC(=N1)C(c1ccccc1)=c1ccc([nH]1)=C2c1ccccc1. The van der Waals surface area contributed by atoms with Crippen LogP contribution in [0.25, 0.3) is 16.7 Å². The zero-order chi connectivity index (χ0) is 31.9. The zero-order valence-corrected chi connectivity index (χ0v) is 26.2. The van der Waals surface area contributed by atoms with Crippen molar-refractivity contribution in [2.24, 2.45) is 9.98 Å². The molecule has 4 nitrogen and oxygen atoms in total. The number of aliphatic imine (C=N–C) groups is 2. The minimum atomic E-state index is -0.636. The third kappa shape index (κ3) is 4.82. The van der Waals surface area contributed by atoms with Gasteiger partial charge in [0.05, 0.1) is 28.4 Å². The Morgan fingerprint density at radius 3 is 1.69 bits per heavy atom. The van der Waals surface area contributed by atoms with E-state index >= 15 is 0 Å². The van der Waals surface area contributed by atoms with Crippen molar-refractivity contribution in [1.29, 1.82) is 0 Å². The Labute approximate surface area is 279 Å². The fraction of sp³-hybridized carbons (Fsp3) is 0.0455. The van der Waals surface area contributed by atoms with Gasteiger partial charge in [-0.2, -0.15) is 0 Å². The van der Waals surface area contributed by atoms with Crippen LogP contribution >= 0.6 is 0 Å². The Morgan fingerprint density at radius 1 is 0.521 bits per heavy atom. The van der Waals surface area contributed by atoms with E-state index in [0.29, 0.717) is 0 Å². The highest BCUT2D eigenvalue weighted by atomic mass is 15.0. The molecule has 5 aromatic rings. The van der Waals surface area contributed by atoms with Crippen LogP contribution in [0.5, 0.6) is 0 Å². The summed E-state index contributed by atoms with van der Waals surface area (Å²) >= 11 is 0. The standard InChI is InChI=1S/C44H32N4/c1-5-13-30(14-6-1)41-36-22-21-34(45-36)29-35-27-28-44(48-35,33-19-11-4-12-20-33)43(32-17-9-3-10-18-32)40-26-25-39(47-40)42(31-15-7-2-8-16-31)38-24-23-37(41)46-38/h1-29,35,46,48H. The molecule has 8 bridgehead atoms. The van der Waals surface area contributed by atoms with Crippen molar-refractivity contribution in [3.8, 4) is 0 Å².